The van der Waals surface area contributed by atoms with E-state index in [0.717, 1.165) is 5.56 Å². The standard InChI is InChI=1S/C13H12ClN3O2/c1-8-3-4-9(5-10(8)19-2)13(18)17-12-7-15-6-11(14)16-12/h3-7H,1-2H3,(H,16,17,18). The molecule has 0 aliphatic heterocycles. The molecule has 0 aliphatic rings. The smallest absolute Gasteiger partial charge is 0.256 e. The molecule has 1 aromatic carbocycles. The first-order valence-corrected chi connectivity index (χ1v) is 5.91. The summed E-state index contributed by atoms with van der Waals surface area (Å²) in [7, 11) is 1.56. The highest BCUT2D eigenvalue weighted by molar-refractivity contribution is 6.29. The normalized spacial score (nSPS) is 10.1. The highest BCUT2D eigenvalue weighted by Crippen LogP contribution is 2.19. The Bertz CT molecular complexity index is 617. The largest absolute Gasteiger partial charge is 0.496 e. The van der Waals surface area contributed by atoms with Gasteiger partial charge in [-0.3, -0.25) is 9.78 Å². The van der Waals surface area contributed by atoms with E-state index >= 15 is 0 Å². The lowest BCUT2D eigenvalue weighted by Crippen LogP contribution is -2.13. The van der Waals surface area contributed by atoms with E-state index in [0.29, 0.717) is 17.1 Å². The second-order valence-corrected chi connectivity index (χ2v) is 4.25. The van der Waals surface area contributed by atoms with Crippen molar-refractivity contribution in [3.05, 3.63) is 46.9 Å². The van der Waals surface area contributed by atoms with E-state index in [9.17, 15) is 4.79 Å². The molecule has 1 amide bonds. The summed E-state index contributed by atoms with van der Waals surface area (Å²) in [6, 6.07) is 5.20. The average molecular weight is 278 g/mol. The third-order valence-corrected chi connectivity index (χ3v) is 2.70. The van der Waals surface area contributed by atoms with E-state index in [1.54, 1.807) is 19.2 Å². The lowest BCUT2D eigenvalue weighted by Gasteiger charge is -2.08. The number of rotatable bonds is 3. The quantitative estimate of drug-likeness (QED) is 0.937. The molecule has 2 aromatic rings. The van der Waals surface area contributed by atoms with Crippen LogP contribution in [0.4, 0.5) is 5.82 Å². The topological polar surface area (TPSA) is 64.1 Å². The SMILES string of the molecule is COc1cc(C(=O)Nc2cncc(Cl)n2)ccc1C. The third kappa shape index (κ3) is 3.20. The van der Waals surface area contributed by atoms with Crippen molar-refractivity contribution in [1.82, 2.24) is 9.97 Å². The molecule has 0 bridgehead atoms. The minimum Gasteiger partial charge on any atom is -0.496 e. The molecule has 6 heteroatoms. The molecule has 0 spiro atoms. The number of aryl methyl sites for hydroxylation is 1. The predicted molar refractivity (Wildman–Crippen MR) is 72.7 cm³/mol. The molecule has 1 aromatic heterocycles. The second kappa shape index (κ2) is 5.67. The molecule has 19 heavy (non-hydrogen) atoms. The van der Waals surface area contributed by atoms with Crippen LogP contribution < -0.4 is 10.1 Å². The van der Waals surface area contributed by atoms with Crippen molar-refractivity contribution in [3.63, 3.8) is 0 Å². The maximum absolute atomic E-state index is 12.0. The fraction of sp³-hybridized carbons (Fsp3) is 0.154. The number of aromatic nitrogens is 2. The van der Waals surface area contributed by atoms with Crippen LogP contribution >= 0.6 is 11.6 Å². The van der Waals surface area contributed by atoms with E-state index in [2.05, 4.69) is 15.3 Å². The zero-order valence-electron chi connectivity index (χ0n) is 10.5. The molecule has 1 heterocycles. The van der Waals surface area contributed by atoms with Gasteiger partial charge in [-0.25, -0.2) is 4.98 Å². The molecule has 5 nitrogen and oxygen atoms in total. The first-order valence-electron chi connectivity index (χ1n) is 5.53. The average Bonchev–Trinajstić information content (AvgIpc) is 2.39. The van der Waals surface area contributed by atoms with Crippen molar-refractivity contribution in [2.75, 3.05) is 12.4 Å². The van der Waals surface area contributed by atoms with E-state index < -0.39 is 0 Å². The van der Waals surface area contributed by atoms with Gasteiger partial charge in [0.1, 0.15) is 10.9 Å². The third-order valence-electron chi connectivity index (χ3n) is 2.52. The minimum atomic E-state index is -0.296. The van der Waals surface area contributed by atoms with E-state index in [1.165, 1.54) is 12.4 Å². The Morgan fingerprint density at radius 3 is 2.84 bits per heavy atom. The number of nitrogens with one attached hydrogen (secondary N) is 1. The van der Waals surface area contributed by atoms with Crippen molar-refractivity contribution in [1.29, 1.82) is 0 Å². The minimum absolute atomic E-state index is 0.222. The fourth-order valence-corrected chi connectivity index (χ4v) is 1.70. The van der Waals surface area contributed by atoms with Gasteiger partial charge in [-0.15, -0.1) is 0 Å². The van der Waals surface area contributed by atoms with Crippen LogP contribution in [0.3, 0.4) is 0 Å². The first-order chi connectivity index (χ1) is 9.10. The van der Waals surface area contributed by atoms with Crippen LogP contribution in [-0.4, -0.2) is 23.0 Å². The Kier molecular flexibility index (Phi) is 3.97. The molecule has 0 saturated heterocycles. The van der Waals surface area contributed by atoms with Crippen LogP contribution in [0.15, 0.2) is 30.6 Å². The number of hydrogen-bond donors (Lipinski definition) is 1. The van der Waals surface area contributed by atoms with Crippen LogP contribution in [-0.2, 0) is 0 Å². The number of anilines is 1. The summed E-state index contributed by atoms with van der Waals surface area (Å²) in [4.78, 5) is 19.8. The first kappa shape index (κ1) is 13.3. The Balaban J connectivity index is 2.20. The van der Waals surface area contributed by atoms with Crippen LogP contribution in [0.5, 0.6) is 5.75 Å². The number of methoxy groups -OCH3 is 1. The molecular formula is C13H12ClN3O2. The van der Waals surface area contributed by atoms with E-state index in [-0.39, 0.29) is 11.1 Å². The Morgan fingerprint density at radius 1 is 1.37 bits per heavy atom. The Hall–Kier alpha value is -2.14. The van der Waals surface area contributed by atoms with Gasteiger partial charge in [0.2, 0.25) is 0 Å². The van der Waals surface area contributed by atoms with Gasteiger partial charge in [0, 0.05) is 5.56 Å². The van der Waals surface area contributed by atoms with Crippen LogP contribution in [0.1, 0.15) is 15.9 Å². The summed E-state index contributed by atoms with van der Waals surface area (Å²) in [5, 5.41) is 2.84. The molecule has 0 radical (unpaired) electrons. The zero-order valence-corrected chi connectivity index (χ0v) is 11.2. The summed E-state index contributed by atoms with van der Waals surface area (Å²) >= 11 is 5.70. The van der Waals surface area contributed by atoms with Crippen molar-refractivity contribution < 1.29 is 9.53 Å². The number of benzene rings is 1. The van der Waals surface area contributed by atoms with Gasteiger partial charge in [0.05, 0.1) is 19.5 Å². The molecule has 0 fully saturated rings. The molecule has 0 atom stereocenters. The summed E-state index contributed by atoms with van der Waals surface area (Å²) in [5.74, 6) is 0.664. The molecule has 0 aliphatic carbocycles. The highest BCUT2D eigenvalue weighted by atomic mass is 35.5. The maximum Gasteiger partial charge on any atom is 0.256 e. The number of carbonyl (C=O) groups is 1. The summed E-state index contributed by atoms with van der Waals surface area (Å²) in [5.41, 5.74) is 1.44. The van der Waals surface area contributed by atoms with E-state index in [4.69, 9.17) is 16.3 Å². The maximum atomic E-state index is 12.0. The van der Waals surface area contributed by atoms with Gasteiger partial charge in [-0.2, -0.15) is 0 Å². The Morgan fingerprint density at radius 2 is 2.16 bits per heavy atom. The van der Waals surface area contributed by atoms with Gasteiger partial charge in [-0.05, 0) is 24.6 Å². The van der Waals surface area contributed by atoms with Crippen LogP contribution in [0.25, 0.3) is 0 Å². The second-order valence-electron chi connectivity index (χ2n) is 3.87. The van der Waals surface area contributed by atoms with Gasteiger partial charge < -0.3 is 10.1 Å². The number of nitrogens with zero attached hydrogens (tertiary/aromatic N) is 2. The van der Waals surface area contributed by atoms with Crippen molar-refractivity contribution >= 4 is 23.3 Å². The van der Waals surface area contributed by atoms with Gasteiger partial charge in [-0.1, -0.05) is 17.7 Å². The molecule has 98 valence electrons. The number of halogens is 1. The van der Waals surface area contributed by atoms with Gasteiger partial charge >= 0.3 is 0 Å². The predicted octanol–water partition coefficient (Wildman–Crippen LogP) is 2.70. The molecule has 0 saturated carbocycles. The van der Waals surface area contributed by atoms with Crippen molar-refractivity contribution in [2.45, 2.75) is 6.92 Å². The summed E-state index contributed by atoms with van der Waals surface area (Å²) < 4.78 is 5.18. The van der Waals surface area contributed by atoms with Gasteiger partial charge in [0.25, 0.3) is 5.91 Å². The fourth-order valence-electron chi connectivity index (χ4n) is 1.55. The lowest BCUT2D eigenvalue weighted by molar-refractivity contribution is 0.102. The zero-order chi connectivity index (χ0) is 13.8. The molecule has 2 rings (SSSR count). The van der Waals surface area contributed by atoms with Crippen LogP contribution in [0.2, 0.25) is 5.15 Å². The Labute approximate surface area is 115 Å². The number of ether oxygens (including phenoxy) is 1. The monoisotopic (exact) mass is 277 g/mol. The highest BCUT2D eigenvalue weighted by Gasteiger charge is 2.09. The van der Waals surface area contributed by atoms with E-state index in [1.807, 2.05) is 13.0 Å². The molecule has 1 N–H and O–H groups in total. The molecule has 0 unspecified atom stereocenters. The number of hydrogen-bond acceptors (Lipinski definition) is 4. The number of amides is 1. The van der Waals surface area contributed by atoms with Crippen LogP contribution in [0, 0.1) is 6.92 Å². The lowest BCUT2D eigenvalue weighted by atomic mass is 10.1. The van der Waals surface area contributed by atoms with Crippen molar-refractivity contribution in [3.8, 4) is 5.75 Å². The summed E-state index contributed by atoms with van der Waals surface area (Å²) in [6.07, 6.45) is 2.82. The van der Waals surface area contributed by atoms with Gasteiger partial charge in [0.15, 0.2) is 5.82 Å². The summed E-state index contributed by atoms with van der Waals surface area (Å²) in [6.45, 7) is 1.91. The van der Waals surface area contributed by atoms with Crippen molar-refractivity contribution in [2.24, 2.45) is 0 Å². The molecular weight excluding hydrogens is 266 g/mol. The number of carbonyl (C=O) groups excluding carboxylic acids is 1.